The Kier molecular flexibility index (Phi) is 4.00. The standard InChI is InChI=1S/C15H14FNO3/c1-9(18)10-4-2-5-11(8-10)17-15(20)14-12(16)6-3-7-13(14)19/h2-9,18-19H,1H3,(H,17,20). The molecular formula is C15H14FNO3. The maximum Gasteiger partial charge on any atom is 0.262 e. The van der Waals surface area contributed by atoms with E-state index < -0.39 is 29.1 Å². The molecule has 1 atom stereocenters. The normalized spacial score (nSPS) is 11.9. The highest BCUT2D eigenvalue weighted by atomic mass is 19.1. The molecule has 2 rings (SSSR count). The topological polar surface area (TPSA) is 69.6 Å². The van der Waals surface area contributed by atoms with Crippen LogP contribution in [0.25, 0.3) is 0 Å². The Labute approximate surface area is 115 Å². The smallest absolute Gasteiger partial charge is 0.262 e. The van der Waals surface area contributed by atoms with E-state index in [9.17, 15) is 19.4 Å². The third kappa shape index (κ3) is 2.95. The molecule has 2 aromatic carbocycles. The number of carbonyl (C=O) groups excluding carboxylic acids is 1. The van der Waals surface area contributed by atoms with Crippen molar-refractivity contribution in [3.05, 3.63) is 59.4 Å². The fourth-order valence-corrected chi connectivity index (χ4v) is 1.81. The number of hydrogen-bond donors (Lipinski definition) is 3. The second kappa shape index (κ2) is 5.71. The van der Waals surface area contributed by atoms with Crippen molar-refractivity contribution in [2.45, 2.75) is 13.0 Å². The van der Waals surface area contributed by atoms with E-state index in [1.807, 2.05) is 0 Å². The van der Waals surface area contributed by atoms with Gasteiger partial charge in [-0.1, -0.05) is 18.2 Å². The summed E-state index contributed by atoms with van der Waals surface area (Å²) in [6, 6.07) is 10.2. The Balaban J connectivity index is 2.26. The molecule has 2 aromatic rings. The SMILES string of the molecule is CC(O)c1cccc(NC(=O)c2c(O)cccc2F)c1. The predicted molar refractivity (Wildman–Crippen MR) is 73.1 cm³/mol. The van der Waals surface area contributed by atoms with E-state index in [-0.39, 0.29) is 0 Å². The number of aromatic hydroxyl groups is 1. The minimum atomic E-state index is -0.797. The molecule has 0 spiro atoms. The number of amides is 1. The van der Waals surface area contributed by atoms with E-state index in [0.717, 1.165) is 6.07 Å². The first-order chi connectivity index (χ1) is 9.49. The first kappa shape index (κ1) is 14.0. The monoisotopic (exact) mass is 275 g/mol. The third-order valence-corrected chi connectivity index (χ3v) is 2.85. The molecule has 0 saturated carbocycles. The molecule has 0 aromatic heterocycles. The number of anilines is 1. The lowest BCUT2D eigenvalue weighted by atomic mass is 10.1. The predicted octanol–water partition coefficient (Wildman–Crippen LogP) is 2.84. The largest absolute Gasteiger partial charge is 0.507 e. The van der Waals surface area contributed by atoms with Crippen LogP contribution in [0.3, 0.4) is 0 Å². The fraction of sp³-hybridized carbons (Fsp3) is 0.133. The van der Waals surface area contributed by atoms with Crippen molar-refractivity contribution in [1.82, 2.24) is 0 Å². The number of phenolic OH excluding ortho intramolecular Hbond substituents is 1. The second-order valence-electron chi connectivity index (χ2n) is 4.39. The summed E-state index contributed by atoms with van der Waals surface area (Å²) in [4.78, 5) is 12.0. The third-order valence-electron chi connectivity index (χ3n) is 2.85. The fourth-order valence-electron chi connectivity index (χ4n) is 1.81. The van der Waals surface area contributed by atoms with Crippen LogP contribution in [0.15, 0.2) is 42.5 Å². The van der Waals surface area contributed by atoms with Gasteiger partial charge in [-0.15, -0.1) is 0 Å². The van der Waals surface area contributed by atoms with Crippen LogP contribution in [0.1, 0.15) is 28.9 Å². The molecule has 1 amide bonds. The Morgan fingerprint density at radius 1 is 1.25 bits per heavy atom. The number of phenols is 1. The zero-order chi connectivity index (χ0) is 14.7. The minimum Gasteiger partial charge on any atom is -0.507 e. The summed E-state index contributed by atoms with van der Waals surface area (Å²) in [7, 11) is 0. The Bertz CT molecular complexity index is 621. The number of carbonyl (C=O) groups is 1. The number of hydrogen-bond acceptors (Lipinski definition) is 3. The highest BCUT2D eigenvalue weighted by Gasteiger charge is 2.16. The van der Waals surface area contributed by atoms with Gasteiger partial charge < -0.3 is 15.5 Å². The van der Waals surface area contributed by atoms with Gasteiger partial charge in [-0.25, -0.2) is 4.39 Å². The van der Waals surface area contributed by atoms with Crippen molar-refractivity contribution in [2.75, 3.05) is 5.32 Å². The highest BCUT2D eigenvalue weighted by molar-refractivity contribution is 6.06. The Morgan fingerprint density at radius 3 is 2.60 bits per heavy atom. The molecule has 104 valence electrons. The van der Waals surface area contributed by atoms with E-state index in [4.69, 9.17) is 0 Å². The molecule has 20 heavy (non-hydrogen) atoms. The Morgan fingerprint density at radius 2 is 1.95 bits per heavy atom. The van der Waals surface area contributed by atoms with Crippen LogP contribution in [0, 0.1) is 5.82 Å². The van der Waals surface area contributed by atoms with E-state index in [0.29, 0.717) is 11.3 Å². The molecule has 0 aliphatic carbocycles. The first-order valence-electron chi connectivity index (χ1n) is 6.06. The molecule has 4 nitrogen and oxygen atoms in total. The van der Waals surface area contributed by atoms with Gasteiger partial charge in [0.05, 0.1) is 6.10 Å². The van der Waals surface area contributed by atoms with Gasteiger partial charge in [0.2, 0.25) is 0 Å². The molecular weight excluding hydrogens is 261 g/mol. The molecule has 0 radical (unpaired) electrons. The summed E-state index contributed by atoms with van der Waals surface area (Å²) in [6.07, 6.45) is -0.672. The first-order valence-corrected chi connectivity index (χ1v) is 6.06. The van der Waals surface area contributed by atoms with Crippen LogP contribution in [0.4, 0.5) is 10.1 Å². The average Bonchev–Trinajstić information content (AvgIpc) is 2.38. The molecule has 0 aliphatic rings. The average molecular weight is 275 g/mol. The molecule has 0 bridgehead atoms. The van der Waals surface area contributed by atoms with E-state index in [1.54, 1.807) is 31.2 Å². The van der Waals surface area contributed by atoms with Crippen molar-refractivity contribution < 1.29 is 19.4 Å². The van der Waals surface area contributed by atoms with E-state index in [2.05, 4.69) is 5.32 Å². The number of benzene rings is 2. The summed E-state index contributed by atoms with van der Waals surface area (Å²) in [5, 5.41) is 21.5. The van der Waals surface area contributed by atoms with Crippen LogP contribution >= 0.6 is 0 Å². The molecule has 0 fully saturated rings. The number of nitrogens with one attached hydrogen (secondary N) is 1. The molecule has 3 N–H and O–H groups in total. The molecule has 0 heterocycles. The molecule has 0 aliphatic heterocycles. The van der Waals surface area contributed by atoms with Gasteiger partial charge in [-0.3, -0.25) is 4.79 Å². The minimum absolute atomic E-state index is 0.407. The highest BCUT2D eigenvalue weighted by Crippen LogP contribution is 2.22. The summed E-state index contributed by atoms with van der Waals surface area (Å²) in [6.45, 7) is 1.60. The van der Waals surface area contributed by atoms with Crippen LogP contribution < -0.4 is 5.32 Å². The van der Waals surface area contributed by atoms with Gasteiger partial charge in [0, 0.05) is 5.69 Å². The lowest BCUT2D eigenvalue weighted by Crippen LogP contribution is -2.14. The molecule has 5 heteroatoms. The summed E-state index contributed by atoms with van der Waals surface area (Å²) in [5.41, 5.74) is 0.631. The number of aliphatic hydroxyl groups excluding tert-OH is 1. The van der Waals surface area contributed by atoms with Gasteiger partial charge in [0.1, 0.15) is 17.1 Å². The maximum absolute atomic E-state index is 13.6. The van der Waals surface area contributed by atoms with Crippen molar-refractivity contribution in [1.29, 1.82) is 0 Å². The maximum atomic E-state index is 13.6. The van der Waals surface area contributed by atoms with Crippen LogP contribution in [-0.4, -0.2) is 16.1 Å². The summed E-state index contributed by atoms with van der Waals surface area (Å²) >= 11 is 0. The Hall–Kier alpha value is -2.40. The van der Waals surface area contributed by atoms with Crippen molar-refractivity contribution >= 4 is 11.6 Å². The van der Waals surface area contributed by atoms with Gasteiger partial charge in [-0.05, 0) is 36.8 Å². The molecule has 0 saturated heterocycles. The second-order valence-corrected chi connectivity index (χ2v) is 4.39. The summed E-state index contributed by atoms with van der Waals surface area (Å²) in [5.74, 6) is -1.97. The van der Waals surface area contributed by atoms with Crippen LogP contribution in [0.5, 0.6) is 5.75 Å². The number of halogens is 1. The van der Waals surface area contributed by atoms with Crippen molar-refractivity contribution in [2.24, 2.45) is 0 Å². The lowest BCUT2D eigenvalue weighted by molar-refractivity contribution is 0.102. The van der Waals surface area contributed by atoms with Crippen LogP contribution in [-0.2, 0) is 0 Å². The van der Waals surface area contributed by atoms with E-state index in [1.165, 1.54) is 12.1 Å². The van der Waals surface area contributed by atoms with Crippen LogP contribution in [0.2, 0.25) is 0 Å². The van der Waals surface area contributed by atoms with Gasteiger partial charge >= 0.3 is 0 Å². The van der Waals surface area contributed by atoms with Crippen molar-refractivity contribution in [3.8, 4) is 5.75 Å². The lowest BCUT2D eigenvalue weighted by Gasteiger charge is -2.10. The number of rotatable bonds is 3. The zero-order valence-electron chi connectivity index (χ0n) is 10.8. The quantitative estimate of drug-likeness (QED) is 0.806. The molecule has 1 unspecified atom stereocenters. The van der Waals surface area contributed by atoms with Gasteiger partial charge in [0.25, 0.3) is 5.91 Å². The van der Waals surface area contributed by atoms with E-state index >= 15 is 0 Å². The van der Waals surface area contributed by atoms with Crippen molar-refractivity contribution in [3.63, 3.8) is 0 Å². The van der Waals surface area contributed by atoms with Gasteiger partial charge in [-0.2, -0.15) is 0 Å². The number of aliphatic hydroxyl groups is 1. The summed E-state index contributed by atoms with van der Waals surface area (Å²) < 4.78 is 13.6. The zero-order valence-corrected chi connectivity index (χ0v) is 10.8. The van der Waals surface area contributed by atoms with Gasteiger partial charge in [0.15, 0.2) is 0 Å².